The molecule has 1 saturated heterocycles. The Balaban J connectivity index is 1.61. The number of carbonyl (C=O) groups is 1. The highest BCUT2D eigenvalue weighted by Crippen LogP contribution is 2.26. The summed E-state index contributed by atoms with van der Waals surface area (Å²) in [6, 6.07) is 7.30. The number of carbonyl (C=O) groups excluding carboxylic acids is 1. The lowest BCUT2D eigenvalue weighted by Gasteiger charge is -2.35. The molecule has 3 rings (SSSR count). The summed E-state index contributed by atoms with van der Waals surface area (Å²) in [5.74, 6) is 0.0282. The van der Waals surface area contributed by atoms with Gasteiger partial charge in [-0.25, -0.2) is 0 Å². The molecule has 1 aromatic carbocycles. The summed E-state index contributed by atoms with van der Waals surface area (Å²) in [5.41, 5.74) is 1.56. The molecule has 0 radical (unpaired) electrons. The highest BCUT2D eigenvalue weighted by molar-refractivity contribution is 6.35. The quantitative estimate of drug-likeness (QED) is 0.852. The first-order valence-electron chi connectivity index (χ1n) is 7.49. The molecule has 0 aliphatic carbocycles. The fourth-order valence-electron chi connectivity index (χ4n) is 2.76. The van der Waals surface area contributed by atoms with Crippen LogP contribution in [0.3, 0.4) is 0 Å². The molecule has 1 aromatic heterocycles. The Morgan fingerprint density at radius 1 is 1.13 bits per heavy atom. The van der Waals surface area contributed by atoms with Crippen molar-refractivity contribution in [2.45, 2.75) is 6.54 Å². The lowest BCUT2D eigenvalue weighted by Crippen LogP contribution is -2.48. The molecule has 2 aromatic rings. The third-order valence-electron chi connectivity index (χ3n) is 4.14. The number of aromatic nitrogens is 2. The molecule has 1 aliphatic heterocycles. The molecule has 1 amide bonds. The van der Waals surface area contributed by atoms with Crippen LogP contribution in [0.15, 0.2) is 30.5 Å². The van der Waals surface area contributed by atoms with Crippen molar-refractivity contribution in [3.8, 4) is 0 Å². The summed E-state index contributed by atoms with van der Waals surface area (Å²) >= 11 is 12.5. The Kier molecular flexibility index (Phi) is 4.90. The van der Waals surface area contributed by atoms with Gasteiger partial charge in [-0.15, -0.1) is 0 Å². The number of amides is 1. The molecule has 0 saturated carbocycles. The van der Waals surface area contributed by atoms with Crippen LogP contribution in [0.1, 0.15) is 16.1 Å². The molecule has 0 spiro atoms. The molecule has 1 fully saturated rings. The van der Waals surface area contributed by atoms with Crippen molar-refractivity contribution in [3.05, 3.63) is 51.8 Å². The third kappa shape index (κ3) is 3.52. The van der Waals surface area contributed by atoms with Crippen LogP contribution in [0, 0.1) is 0 Å². The normalized spacial score (nSPS) is 15.9. The van der Waals surface area contributed by atoms with Gasteiger partial charge in [-0.2, -0.15) is 5.10 Å². The molecule has 7 heteroatoms. The van der Waals surface area contributed by atoms with Crippen LogP contribution in [0.5, 0.6) is 0 Å². The van der Waals surface area contributed by atoms with Gasteiger partial charge in [0.05, 0.1) is 0 Å². The van der Waals surface area contributed by atoms with Crippen molar-refractivity contribution in [3.63, 3.8) is 0 Å². The van der Waals surface area contributed by atoms with Gasteiger partial charge in [-0.3, -0.25) is 14.4 Å². The number of halogens is 2. The molecule has 23 heavy (non-hydrogen) atoms. The van der Waals surface area contributed by atoms with Crippen molar-refractivity contribution < 1.29 is 4.79 Å². The number of hydrogen-bond donors (Lipinski definition) is 0. The van der Waals surface area contributed by atoms with Gasteiger partial charge in [-0.05, 0) is 18.2 Å². The van der Waals surface area contributed by atoms with Gasteiger partial charge in [0.2, 0.25) is 0 Å². The summed E-state index contributed by atoms with van der Waals surface area (Å²) in [6.07, 6.45) is 1.64. The molecule has 2 heterocycles. The van der Waals surface area contributed by atoms with Crippen molar-refractivity contribution in [1.29, 1.82) is 0 Å². The molecule has 0 N–H and O–H groups in total. The first-order valence-corrected chi connectivity index (χ1v) is 8.24. The average Bonchev–Trinajstić information content (AvgIpc) is 2.97. The highest BCUT2D eigenvalue weighted by atomic mass is 35.5. The second-order valence-electron chi connectivity index (χ2n) is 5.61. The molecule has 0 unspecified atom stereocenters. The molecule has 5 nitrogen and oxygen atoms in total. The molecule has 0 atom stereocenters. The third-order valence-corrected chi connectivity index (χ3v) is 4.85. The first kappa shape index (κ1) is 16.3. The monoisotopic (exact) mass is 352 g/mol. The number of piperazine rings is 1. The van der Waals surface area contributed by atoms with Gasteiger partial charge >= 0.3 is 0 Å². The van der Waals surface area contributed by atoms with Crippen LogP contribution in [0.4, 0.5) is 0 Å². The van der Waals surface area contributed by atoms with Crippen molar-refractivity contribution in [2.75, 3.05) is 26.2 Å². The van der Waals surface area contributed by atoms with Crippen LogP contribution in [0.25, 0.3) is 0 Å². The van der Waals surface area contributed by atoms with Crippen LogP contribution >= 0.6 is 23.2 Å². The number of hydrogen-bond acceptors (Lipinski definition) is 3. The maximum Gasteiger partial charge on any atom is 0.272 e. The predicted molar refractivity (Wildman–Crippen MR) is 90.9 cm³/mol. The summed E-state index contributed by atoms with van der Waals surface area (Å²) in [6.45, 7) is 3.67. The minimum atomic E-state index is 0.0282. The van der Waals surface area contributed by atoms with E-state index in [1.54, 1.807) is 24.0 Å². The van der Waals surface area contributed by atoms with Crippen molar-refractivity contribution in [2.24, 2.45) is 7.05 Å². The zero-order valence-electron chi connectivity index (χ0n) is 12.9. The second kappa shape index (κ2) is 6.91. The van der Waals surface area contributed by atoms with Gasteiger partial charge < -0.3 is 4.90 Å². The van der Waals surface area contributed by atoms with E-state index in [2.05, 4.69) is 10.00 Å². The second-order valence-corrected chi connectivity index (χ2v) is 6.42. The van der Waals surface area contributed by atoms with Crippen LogP contribution in [0.2, 0.25) is 10.0 Å². The smallest absolute Gasteiger partial charge is 0.272 e. The predicted octanol–water partition coefficient (Wildman–Crippen LogP) is 2.68. The Morgan fingerprint density at radius 2 is 1.78 bits per heavy atom. The first-order chi connectivity index (χ1) is 11.1. The molecular formula is C16H18Cl2N4O. The van der Waals surface area contributed by atoms with E-state index in [0.29, 0.717) is 35.4 Å². The van der Waals surface area contributed by atoms with Gasteiger partial charge in [0.1, 0.15) is 5.69 Å². The van der Waals surface area contributed by atoms with E-state index in [9.17, 15) is 4.79 Å². The number of nitrogens with zero attached hydrogens (tertiary/aromatic N) is 4. The lowest BCUT2D eigenvalue weighted by molar-refractivity contribution is 0.0618. The van der Waals surface area contributed by atoms with E-state index in [0.717, 1.165) is 18.7 Å². The van der Waals surface area contributed by atoms with Crippen LogP contribution < -0.4 is 0 Å². The zero-order chi connectivity index (χ0) is 16.4. The van der Waals surface area contributed by atoms with Crippen molar-refractivity contribution >= 4 is 29.1 Å². The Morgan fingerprint density at radius 3 is 2.35 bits per heavy atom. The van der Waals surface area contributed by atoms with E-state index in [-0.39, 0.29) is 5.91 Å². The van der Waals surface area contributed by atoms with Gasteiger partial charge in [0.15, 0.2) is 0 Å². The molecule has 122 valence electrons. The van der Waals surface area contributed by atoms with Crippen LogP contribution in [-0.4, -0.2) is 51.7 Å². The standard InChI is InChI=1S/C16H18Cl2N4O/c1-20-15(5-6-19-20)16(23)22-9-7-21(8-10-22)11-12-13(17)3-2-4-14(12)18/h2-6H,7-11H2,1H3. The van der Waals surface area contributed by atoms with Crippen molar-refractivity contribution in [1.82, 2.24) is 19.6 Å². The van der Waals surface area contributed by atoms with E-state index < -0.39 is 0 Å². The largest absolute Gasteiger partial charge is 0.335 e. The number of aryl methyl sites for hydroxylation is 1. The Labute approximate surface area is 145 Å². The molecule has 1 aliphatic rings. The fourth-order valence-corrected chi connectivity index (χ4v) is 3.28. The summed E-state index contributed by atoms with van der Waals surface area (Å²) in [5, 5.41) is 5.42. The van der Waals surface area contributed by atoms with Gasteiger partial charge in [-0.1, -0.05) is 29.3 Å². The molecule has 0 bridgehead atoms. The highest BCUT2D eigenvalue weighted by Gasteiger charge is 2.24. The van der Waals surface area contributed by atoms with E-state index in [4.69, 9.17) is 23.2 Å². The average molecular weight is 353 g/mol. The zero-order valence-corrected chi connectivity index (χ0v) is 14.4. The SMILES string of the molecule is Cn1nccc1C(=O)N1CCN(Cc2c(Cl)cccc2Cl)CC1. The van der Waals surface area contributed by atoms with Crippen LogP contribution in [-0.2, 0) is 13.6 Å². The van der Waals surface area contributed by atoms with Gasteiger partial charge in [0, 0.05) is 61.6 Å². The lowest BCUT2D eigenvalue weighted by atomic mass is 10.2. The fraction of sp³-hybridized carbons (Fsp3) is 0.375. The van der Waals surface area contributed by atoms with E-state index in [1.807, 2.05) is 23.1 Å². The maximum absolute atomic E-state index is 12.5. The topological polar surface area (TPSA) is 41.4 Å². The number of rotatable bonds is 3. The maximum atomic E-state index is 12.5. The van der Waals surface area contributed by atoms with E-state index >= 15 is 0 Å². The minimum Gasteiger partial charge on any atom is -0.335 e. The number of benzene rings is 1. The minimum absolute atomic E-state index is 0.0282. The van der Waals surface area contributed by atoms with E-state index in [1.165, 1.54) is 0 Å². The Hall–Kier alpha value is -1.56. The Bertz CT molecular complexity index is 688. The summed E-state index contributed by atoms with van der Waals surface area (Å²) < 4.78 is 1.61. The summed E-state index contributed by atoms with van der Waals surface area (Å²) in [4.78, 5) is 16.6. The summed E-state index contributed by atoms with van der Waals surface area (Å²) in [7, 11) is 1.78. The molecular weight excluding hydrogens is 335 g/mol. The van der Waals surface area contributed by atoms with Gasteiger partial charge in [0.25, 0.3) is 5.91 Å².